The molecule has 0 fully saturated rings. The van der Waals surface area contributed by atoms with Crippen molar-refractivity contribution < 1.29 is 4.92 Å². The molecule has 104 valence electrons. The van der Waals surface area contributed by atoms with Crippen molar-refractivity contribution in [3.05, 3.63) is 65.1 Å². The molecule has 1 aromatic carbocycles. The average molecular weight is 281 g/mol. The third-order valence-corrected chi connectivity index (χ3v) is 3.03. The number of hydrogen-bond donors (Lipinski definition) is 1. The van der Waals surface area contributed by atoms with Crippen LogP contribution in [0.3, 0.4) is 0 Å². The molecule has 0 saturated carbocycles. The minimum atomic E-state index is -0.444. The molecule has 0 amide bonds. The number of para-hydroxylation sites is 1. The summed E-state index contributed by atoms with van der Waals surface area (Å²) >= 11 is 0. The van der Waals surface area contributed by atoms with Gasteiger partial charge in [-0.1, -0.05) is 12.1 Å². The highest BCUT2D eigenvalue weighted by Gasteiger charge is 2.19. The van der Waals surface area contributed by atoms with Crippen LogP contribution in [-0.4, -0.2) is 19.7 Å². The van der Waals surface area contributed by atoms with Crippen LogP contribution in [0.25, 0.3) is 16.9 Å². The van der Waals surface area contributed by atoms with E-state index in [1.807, 2.05) is 0 Å². The lowest BCUT2D eigenvalue weighted by Crippen LogP contribution is -1.96. The second-order valence-electron chi connectivity index (χ2n) is 4.36. The first-order valence-corrected chi connectivity index (χ1v) is 6.16. The van der Waals surface area contributed by atoms with Crippen molar-refractivity contribution in [3.8, 4) is 16.9 Å². The van der Waals surface area contributed by atoms with Crippen LogP contribution in [0.1, 0.15) is 0 Å². The monoisotopic (exact) mass is 281 g/mol. The summed E-state index contributed by atoms with van der Waals surface area (Å²) in [5.41, 5.74) is 7.87. The van der Waals surface area contributed by atoms with E-state index < -0.39 is 4.92 Å². The SMILES string of the molecule is Nc1cn(-c2ccncc2)nc1-c1ccccc1[N+](=O)[O-]. The van der Waals surface area contributed by atoms with Crippen LogP contribution in [0.15, 0.2) is 55.0 Å². The van der Waals surface area contributed by atoms with E-state index in [9.17, 15) is 10.1 Å². The summed E-state index contributed by atoms with van der Waals surface area (Å²) in [7, 11) is 0. The number of nitro groups is 1. The minimum absolute atomic E-state index is 0.0239. The summed E-state index contributed by atoms with van der Waals surface area (Å²) in [5, 5.41) is 15.5. The van der Waals surface area contributed by atoms with E-state index in [-0.39, 0.29) is 5.69 Å². The lowest BCUT2D eigenvalue weighted by atomic mass is 10.1. The van der Waals surface area contributed by atoms with Crippen molar-refractivity contribution in [2.45, 2.75) is 0 Å². The van der Waals surface area contributed by atoms with E-state index in [1.54, 1.807) is 53.6 Å². The maximum atomic E-state index is 11.1. The van der Waals surface area contributed by atoms with Gasteiger partial charge in [0.05, 0.1) is 28.1 Å². The van der Waals surface area contributed by atoms with Gasteiger partial charge in [0.2, 0.25) is 0 Å². The second-order valence-corrected chi connectivity index (χ2v) is 4.36. The van der Waals surface area contributed by atoms with Crippen molar-refractivity contribution in [3.63, 3.8) is 0 Å². The molecule has 0 bridgehead atoms. The van der Waals surface area contributed by atoms with Gasteiger partial charge in [-0.3, -0.25) is 15.1 Å². The number of rotatable bonds is 3. The molecule has 0 aliphatic carbocycles. The number of pyridine rings is 1. The molecule has 7 nitrogen and oxygen atoms in total. The Hall–Kier alpha value is -3.22. The van der Waals surface area contributed by atoms with Crippen LogP contribution in [0.4, 0.5) is 11.4 Å². The van der Waals surface area contributed by atoms with Gasteiger partial charge >= 0.3 is 0 Å². The molecule has 0 atom stereocenters. The average Bonchev–Trinajstić information content (AvgIpc) is 2.90. The summed E-state index contributed by atoms with van der Waals surface area (Å²) in [6, 6.07) is 9.93. The topological polar surface area (TPSA) is 99.9 Å². The molecule has 0 spiro atoms. The predicted octanol–water partition coefficient (Wildman–Crippen LogP) is 2.42. The number of nitro benzene ring substituents is 1. The molecule has 2 N–H and O–H groups in total. The van der Waals surface area contributed by atoms with Gasteiger partial charge in [-0.05, 0) is 18.2 Å². The Morgan fingerprint density at radius 3 is 2.57 bits per heavy atom. The highest BCUT2D eigenvalue weighted by atomic mass is 16.6. The molecule has 21 heavy (non-hydrogen) atoms. The summed E-state index contributed by atoms with van der Waals surface area (Å²) in [4.78, 5) is 14.6. The van der Waals surface area contributed by atoms with Crippen molar-refractivity contribution in [2.24, 2.45) is 0 Å². The second kappa shape index (κ2) is 5.04. The number of nitrogen functional groups attached to an aromatic ring is 1. The van der Waals surface area contributed by atoms with Gasteiger partial charge in [0.15, 0.2) is 0 Å². The van der Waals surface area contributed by atoms with Gasteiger partial charge in [0, 0.05) is 18.5 Å². The smallest absolute Gasteiger partial charge is 0.278 e. The Labute approximate surface area is 119 Å². The van der Waals surface area contributed by atoms with Crippen LogP contribution in [0.2, 0.25) is 0 Å². The lowest BCUT2D eigenvalue weighted by Gasteiger charge is -2.01. The maximum absolute atomic E-state index is 11.1. The highest BCUT2D eigenvalue weighted by molar-refractivity contribution is 5.79. The van der Waals surface area contributed by atoms with Gasteiger partial charge in [-0.15, -0.1) is 0 Å². The third kappa shape index (κ3) is 2.32. The summed E-state index contributed by atoms with van der Waals surface area (Å²) in [6.07, 6.45) is 4.90. The predicted molar refractivity (Wildman–Crippen MR) is 77.9 cm³/mol. The molecule has 2 aromatic heterocycles. The molecule has 0 aliphatic heterocycles. The number of nitrogens with two attached hydrogens (primary N) is 1. The van der Waals surface area contributed by atoms with Crippen LogP contribution < -0.4 is 5.73 Å². The molecule has 0 aliphatic rings. The summed E-state index contributed by atoms with van der Waals surface area (Å²) < 4.78 is 1.57. The van der Waals surface area contributed by atoms with E-state index in [0.29, 0.717) is 16.9 Å². The minimum Gasteiger partial charge on any atom is -0.396 e. The molecular formula is C14H11N5O2. The van der Waals surface area contributed by atoms with Crippen LogP contribution in [0, 0.1) is 10.1 Å². The Bertz CT molecular complexity index is 798. The molecule has 0 radical (unpaired) electrons. The van der Waals surface area contributed by atoms with Crippen molar-refractivity contribution in [2.75, 3.05) is 5.73 Å². The molecule has 3 aromatic rings. The van der Waals surface area contributed by atoms with Gasteiger partial charge in [0.1, 0.15) is 5.69 Å². The number of aromatic nitrogens is 3. The first-order chi connectivity index (χ1) is 10.2. The normalized spacial score (nSPS) is 10.5. The lowest BCUT2D eigenvalue weighted by molar-refractivity contribution is -0.384. The Morgan fingerprint density at radius 1 is 1.14 bits per heavy atom. The Kier molecular flexibility index (Phi) is 3.07. The van der Waals surface area contributed by atoms with E-state index >= 15 is 0 Å². The zero-order chi connectivity index (χ0) is 14.8. The van der Waals surface area contributed by atoms with Crippen LogP contribution >= 0.6 is 0 Å². The van der Waals surface area contributed by atoms with E-state index in [0.717, 1.165) is 5.69 Å². The number of hydrogen-bond acceptors (Lipinski definition) is 5. The third-order valence-electron chi connectivity index (χ3n) is 3.03. The first kappa shape index (κ1) is 12.8. The van der Waals surface area contributed by atoms with Crippen molar-refractivity contribution >= 4 is 11.4 Å². The zero-order valence-electron chi connectivity index (χ0n) is 10.9. The molecular weight excluding hydrogens is 270 g/mol. The van der Waals surface area contributed by atoms with E-state index in [2.05, 4.69) is 10.1 Å². The molecule has 2 heterocycles. The molecule has 0 unspecified atom stereocenters. The fourth-order valence-electron chi connectivity index (χ4n) is 2.06. The summed E-state index contributed by atoms with van der Waals surface area (Å²) in [5.74, 6) is 0. The fraction of sp³-hybridized carbons (Fsp3) is 0. The van der Waals surface area contributed by atoms with Crippen LogP contribution in [-0.2, 0) is 0 Å². The van der Waals surface area contributed by atoms with Gasteiger partial charge in [-0.2, -0.15) is 5.10 Å². The zero-order valence-corrected chi connectivity index (χ0v) is 10.9. The highest BCUT2D eigenvalue weighted by Crippen LogP contribution is 2.32. The van der Waals surface area contributed by atoms with E-state index in [4.69, 9.17) is 5.73 Å². The fourth-order valence-corrected chi connectivity index (χ4v) is 2.06. The molecule has 0 saturated heterocycles. The largest absolute Gasteiger partial charge is 0.396 e. The maximum Gasteiger partial charge on any atom is 0.278 e. The first-order valence-electron chi connectivity index (χ1n) is 6.16. The van der Waals surface area contributed by atoms with Crippen molar-refractivity contribution in [1.82, 2.24) is 14.8 Å². The quantitative estimate of drug-likeness (QED) is 0.587. The van der Waals surface area contributed by atoms with Gasteiger partial charge in [-0.25, -0.2) is 4.68 Å². The van der Waals surface area contributed by atoms with E-state index in [1.165, 1.54) is 6.07 Å². The molecule has 3 rings (SSSR count). The number of anilines is 1. The Morgan fingerprint density at radius 2 is 1.86 bits per heavy atom. The number of benzene rings is 1. The van der Waals surface area contributed by atoms with Gasteiger partial charge < -0.3 is 5.73 Å². The van der Waals surface area contributed by atoms with Crippen molar-refractivity contribution in [1.29, 1.82) is 0 Å². The standard InChI is InChI=1S/C14H11N5O2/c15-12-9-18(10-5-7-16-8-6-10)17-14(12)11-3-1-2-4-13(11)19(20)21/h1-9H,15H2. The van der Waals surface area contributed by atoms with Crippen LogP contribution in [0.5, 0.6) is 0 Å². The Balaban J connectivity index is 2.13. The number of nitrogens with zero attached hydrogens (tertiary/aromatic N) is 4. The van der Waals surface area contributed by atoms with Gasteiger partial charge in [0.25, 0.3) is 5.69 Å². The summed E-state index contributed by atoms with van der Waals surface area (Å²) in [6.45, 7) is 0. The molecule has 7 heteroatoms.